The van der Waals surface area contributed by atoms with E-state index >= 15 is 0 Å². The van der Waals surface area contributed by atoms with Crippen molar-refractivity contribution in [3.63, 3.8) is 0 Å². The lowest BCUT2D eigenvalue weighted by atomic mass is 9.83. The van der Waals surface area contributed by atoms with Crippen LogP contribution in [0.4, 0.5) is 15.8 Å². The van der Waals surface area contributed by atoms with Crippen molar-refractivity contribution in [2.75, 3.05) is 43.4 Å². The molecule has 0 bridgehead atoms. The lowest BCUT2D eigenvalue weighted by Crippen LogP contribution is -2.81. The van der Waals surface area contributed by atoms with Crippen LogP contribution in [0.2, 0.25) is 0 Å². The monoisotopic (exact) mass is 656 g/mol. The Morgan fingerprint density at radius 1 is 0.833 bits per heavy atom. The zero-order valence-electron chi connectivity index (χ0n) is 27.3. The summed E-state index contributed by atoms with van der Waals surface area (Å²) < 4.78 is 20.9. The number of hydrogen-bond acceptors (Lipinski definition) is 5. The molecule has 2 aliphatic heterocycles. The molecule has 1 aliphatic carbocycles. The SMILES string of the molecule is CC(=O)Nc1cc(F)cc(C(=O)N2CCN(C(=O)c3ccc(O[C@H]4CC[NH2+]C4)c(C4CCCCC4)c3)C(C(=O)Nc3ccccc3)C2)c1. The Hall–Kier alpha value is -4.77. The standard InChI is InChI=1S/C37H42FN5O5/c1-24(44)40-30-19-27(18-28(38)21-30)36(46)42-16-17-43(33(23-42)35(45)41-29-10-6-3-7-11-29)37(47)26-12-13-34(48-31-14-15-39-22-31)32(20-26)25-8-4-2-5-9-25/h3,6-7,10-13,18-21,25,31,33,39H,2,4-5,8-9,14-17,22-23H2,1H3,(H,40,44)(H,41,45)/p+1/t31-,33?/m0/s1. The van der Waals surface area contributed by atoms with E-state index in [1.807, 2.05) is 18.2 Å². The highest BCUT2D eigenvalue weighted by molar-refractivity contribution is 6.03. The highest BCUT2D eigenvalue weighted by atomic mass is 19.1. The fraction of sp³-hybridized carbons (Fsp3) is 0.405. The molecule has 4 amide bonds. The van der Waals surface area contributed by atoms with Crippen molar-refractivity contribution in [2.45, 2.75) is 63.5 Å². The van der Waals surface area contributed by atoms with Crippen molar-refractivity contribution in [3.8, 4) is 5.75 Å². The predicted molar refractivity (Wildman–Crippen MR) is 179 cm³/mol. The Morgan fingerprint density at radius 3 is 2.35 bits per heavy atom. The fourth-order valence-electron chi connectivity index (χ4n) is 7.05. The minimum absolute atomic E-state index is 0.0355. The number of carbonyl (C=O) groups excluding carboxylic acids is 4. The maximum absolute atomic E-state index is 14.5. The van der Waals surface area contributed by atoms with Gasteiger partial charge in [0.1, 0.15) is 24.2 Å². The summed E-state index contributed by atoms with van der Waals surface area (Å²) in [6.07, 6.45) is 6.67. The molecule has 10 nitrogen and oxygen atoms in total. The third-order valence-corrected chi connectivity index (χ3v) is 9.46. The van der Waals surface area contributed by atoms with Gasteiger partial charge in [0.25, 0.3) is 11.8 Å². The number of nitrogens with two attached hydrogens (primary N) is 1. The van der Waals surface area contributed by atoms with E-state index in [0.29, 0.717) is 17.2 Å². The fourth-order valence-corrected chi connectivity index (χ4v) is 7.05. The van der Waals surface area contributed by atoms with Gasteiger partial charge < -0.3 is 30.5 Å². The summed E-state index contributed by atoms with van der Waals surface area (Å²) in [6, 6.07) is 17.2. The molecule has 6 rings (SSSR count). The lowest BCUT2D eigenvalue weighted by molar-refractivity contribution is -0.638. The van der Waals surface area contributed by atoms with Gasteiger partial charge in [0.15, 0.2) is 6.10 Å². The van der Waals surface area contributed by atoms with Crippen LogP contribution in [0.3, 0.4) is 0 Å². The van der Waals surface area contributed by atoms with Crippen molar-refractivity contribution in [2.24, 2.45) is 0 Å². The van der Waals surface area contributed by atoms with Crippen molar-refractivity contribution >= 4 is 35.0 Å². The molecule has 2 atom stereocenters. The van der Waals surface area contributed by atoms with Crippen molar-refractivity contribution in [3.05, 3.63) is 89.2 Å². The van der Waals surface area contributed by atoms with E-state index in [0.717, 1.165) is 68.6 Å². The second-order valence-corrected chi connectivity index (χ2v) is 13.0. The summed E-state index contributed by atoms with van der Waals surface area (Å²) in [4.78, 5) is 56.4. The van der Waals surface area contributed by atoms with Crippen LogP contribution in [0, 0.1) is 5.82 Å². The summed E-state index contributed by atoms with van der Waals surface area (Å²) >= 11 is 0. The lowest BCUT2D eigenvalue weighted by Gasteiger charge is -2.40. The number of hydrogen-bond donors (Lipinski definition) is 3. The maximum Gasteiger partial charge on any atom is 0.254 e. The number of benzene rings is 3. The Balaban J connectivity index is 1.28. The molecule has 3 fully saturated rings. The van der Waals surface area contributed by atoms with Crippen LogP contribution in [-0.2, 0) is 9.59 Å². The zero-order valence-corrected chi connectivity index (χ0v) is 27.3. The highest BCUT2D eigenvalue weighted by Gasteiger charge is 2.38. The molecule has 0 aromatic heterocycles. The Morgan fingerprint density at radius 2 is 1.62 bits per heavy atom. The smallest absolute Gasteiger partial charge is 0.254 e. The van der Waals surface area contributed by atoms with Crippen LogP contribution in [0.25, 0.3) is 0 Å². The number of carbonyl (C=O) groups is 4. The zero-order chi connectivity index (χ0) is 33.6. The average molecular weight is 657 g/mol. The Kier molecular flexibility index (Phi) is 10.3. The quantitative estimate of drug-likeness (QED) is 0.336. The first-order chi connectivity index (χ1) is 23.2. The minimum atomic E-state index is -1.01. The summed E-state index contributed by atoms with van der Waals surface area (Å²) in [7, 11) is 0. The summed E-state index contributed by atoms with van der Waals surface area (Å²) in [5.74, 6) is -1.18. The second kappa shape index (κ2) is 15.0. The molecule has 48 heavy (non-hydrogen) atoms. The van der Waals surface area contributed by atoms with Gasteiger partial charge in [-0.2, -0.15) is 0 Å². The maximum atomic E-state index is 14.5. The number of nitrogens with one attached hydrogen (secondary N) is 2. The number of piperazine rings is 1. The first-order valence-corrected chi connectivity index (χ1v) is 16.9. The van der Waals surface area contributed by atoms with Crippen LogP contribution in [-0.4, -0.2) is 78.3 Å². The number of rotatable bonds is 8. The van der Waals surface area contributed by atoms with Crippen LogP contribution in [0.5, 0.6) is 5.75 Å². The number of ether oxygens (including phenoxy) is 1. The molecule has 2 heterocycles. The number of halogens is 1. The second-order valence-electron chi connectivity index (χ2n) is 13.0. The van der Waals surface area contributed by atoms with Gasteiger partial charge in [0, 0.05) is 48.9 Å². The number of quaternary nitrogens is 1. The van der Waals surface area contributed by atoms with Gasteiger partial charge in [0.05, 0.1) is 13.1 Å². The minimum Gasteiger partial charge on any atom is -0.484 e. The van der Waals surface area contributed by atoms with E-state index in [1.54, 1.807) is 30.3 Å². The van der Waals surface area contributed by atoms with Crippen LogP contribution < -0.4 is 20.7 Å². The molecule has 2 saturated heterocycles. The van der Waals surface area contributed by atoms with Crippen molar-refractivity contribution < 1.29 is 33.6 Å². The molecule has 0 spiro atoms. The van der Waals surface area contributed by atoms with E-state index in [4.69, 9.17) is 4.74 Å². The van der Waals surface area contributed by atoms with Crippen LogP contribution in [0.15, 0.2) is 66.7 Å². The van der Waals surface area contributed by atoms with Gasteiger partial charge in [0.2, 0.25) is 11.8 Å². The molecule has 3 aliphatic rings. The summed E-state index contributed by atoms with van der Waals surface area (Å²) in [5, 5.41) is 7.67. The van der Waals surface area contributed by atoms with E-state index in [9.17, 15) is 23.6 Å². The molecule has 3 aromatic rings. The highest BCUT2D eigenvalue weighted by Crippen LogP contribution is 2.39. The molecular weight excluding hydrogens is 613 g/mol. The third kappa shape index (κ3) is 7.84. The van der Waals surface area contributed by atoms with E-state index in [1.165, 1.54) is 29.2 Å². The van der Waals surface area contributed by atoms with Crippen molar-refractivity contribution in [1.29, 1.82) is 0 Å². The van der Waals surface area contributed by atoms with Gasteiger partial charge in [-0.3, -0.25) is 19.2 Å². The first-order valence-electron chi connectivity index (χ1n) is 16.9. The van der Waals surface area contributed by atoms with Crippen LogP contribution >= 0.6 is 0 Å². The van der Waals surface area contributed by atoms with Gasteiger partial charge in [-0.25, -0.2) is 4.39 Å². The molecular formula is C37H43FN5O5+. The molecule has 4 N–H and O–H groups in total. The molecule has 0 radical (unpaired) electrons. The third-order valence-electron chi connectivity index (χ3n) is 9.46. The molecule has 252 valence electrons. The largest absolute Gasteiger partial charge is 0.484 e. The van der Waals surface area contributed by atoms with Crippen molar-refractivity contribution in [1.82, 2.24) is 9.80 Å². The average Bonchev–Trinajstić information content (AvgIpc) is 3.61. The van der Waals surface area contributed by atoms with Gasteiger partial charge >= 0.3 is 0 Å². The normalized spacial score (nSPS) is 19.9. The molecule has 11 heteroatoms. The molecule has 1 unspecified atom stereocenters. The van der Waals surface area contributed by atoms with E-state index in [2.05, 4.69) is 16.0 Å². The van der Waals surface area contributed by atoms with E-state index < -0.39 is 29.6 Å². The molecule has 1 saturated carbocycles. The summed E-state index contributed by atoms with van der Waals surface area (Å²) in [6.45, 7) is 3.39. The van der Waals surface area contributed by atoms with E-state index in [-0.39, 0.29) is 42.9 Å². The number of nitrogens with zero attached hydrogens (tertiary/aromatic N) is 2. The number of anilines is 2. The summed E-state index contributed by atoms with van der Waals surface area (Å²) in [5.41, 5.74) is 2.28. The number of para-hydroxylation sites is 1. The molecule has 3 aromatic carbocycles. The first kappa shape index (κ1) is 33.1. The number of amides is 4. The Bertz CT molecular complexity index is 1660. The van der Waals surface area contributed by atoms with Gasteiger partial charge in [-0.15, -0.1) is 0 Å². The topological polar surface area (TPSA) is 125 Å². The van der Waals surface area contributed by atoms with Crippen LogP contribution in [0.1, 0.15) is 77.6 Å². The Labute approximate surface area is 280 Å². The van der Waals surface area contributed by atoms with Gasteiger partial charge in [-0.1, -0.05) is 37.5 Å². The van der Waals surface area contributed by atoms with Gasteiger partial charge in [-0.05, 0) is 72.9 Å². The predicted octanol–water partition coefficient (Wildman–Crippen LogP) is 4.15.